The third-order valence-electron chi connectivity index (χ3n) is 3.46. The van der Waals surface area contributed by atoms with E-state index in [4.69, 9.17) is 0 Å². The Bertz CT molecular complexity index is 670. The molecular weight excluding hydrogens is 237 g/mol. The maximum atomic E-state index is 13.5. The number of benzene rings is 2. The molecule has 3 rings (SSSR count). The van der Waals surface area contributed by atoms with Gasteiger partial charge in [-0.05, 0) is 48.6 Å². The van der Waals surface area contributed by atoms with Crippen LogP contribution in [-0.2, 0) is 12.8 Å². The van der Waals surface area contributed by atoms with Gasteiger partial charge >= 0.3 is 0 Å². The van der Waals surface area contributed by atoms with Gasteiger partial charge in [0.25, 0.3) is 0 Å². The van der Waals surface area contributed by atoms with Crippen LogP contribution in [0.3, 0.4) is 0 Å². The molecule has 0 saturated carbocycles. The Morgan fingerprint density at radius 2 is 1.79 bits per heavy atom. The summed E-state index contributed by atoms with van der Waals surface area (Å²) >= 11 is 0. The second-order valence-electron chi connectivity index (χ2n) is 4.85. The van der Waals surface area contributed by atoms with Crippen LogP contribution >= 0.6 is 0 Å². The first-order chi connectivity index (χ1) is 9.33. The molecule has 0 aliphatic heterocycles. The van der Waals surface area contributed by atoms with Crippen molar-refractivity contribution >= 4 is 10.9 Å². The summed E-state index contributed by atoms with van der Waals surface area (Å²) in [5.41, 5.74) is 3.46. The molecule has 1 aromatic heterocycles. The molecule has 2 heteroatoms. The fourth-order valence-corrected chi connectivity index (χ4v) is 2.53. The van der Waals surface area contributed by atoms with E-state index in [1.807, 2.05) is 18.3 Å². The quantitative estimate of drug-likeness (QED) is 0.705. The van der Waals surface area contributed by atoms with Crippen molar-refractivity contribution in [3.8, 4) is 0 Å². The monoisotopic (exact) mass is 253 g/mol. The van der Waals surface area contributed by atoms with Gasteiger partial charge in [-0.15, -0.1) is 0 Å². The molecule has 2 aromatic carbocycles. The molecule has 1 nitrogen and oxygen atoms in total. The number of hydrogen-bond donors (Lipinski definition) is 1. The summed E-state index contributed by atoms with van der Waals surface area (Å²) < 4.78 is 13.5. The minimum absolute atomic E-state index is 0.151. The van der Waals surface area contributed by atoms with E-state index in [0.29, 0.717) is 0 Å². The van der Waals surface area contributed by atoms with Crippen molar-refractivity contribution < 1.29 is 4.39 Å². The van der Waals surface area contributed by atoms with Crippen LogP contribution in [0.4, 0.5) is 4.39 Å². The van der Waals surface area contributed by atoms with Gasteiger partial charge in [0.05, 0.1) is 0 Å². The molecular formula is C17H16FN. The average molecular weight is 253 g/mol. The number of halogens is 1. The largest absolute Gasteiger partial charge is 0.361 e. The Labute approximate surface area is 112 Å². The van der Waals surface area contributed by atoms with Gasteiger partial charge in [0.1, 0.15) is 5.82 Å². The lowest BCUT2D eigenvalue weighted by molar-refractivity contribution is 0.626. The molecule has 0 bridgehead atoms. The highest BCUT2D eigenvalue weighted by atomic mass is 19.1. The van der Waals surface area contributed by atoms with Crippen LogP contribution in [0.1, 0.15) is 17.5 Å². The first kappa shape index (κ1) is 12.0. The Morgan fingerprint density at radius 1 is 0.947 bits per heavy atom. The number of aromatic nitrogens is 1. The number of aryl methyl sites for hydroxylation is 2. The number of hydrogen-bond acceptors (Lipinski definition) is 0. The molecule has 0 spiro atoms. The molecule has 0 amide bonds. The van der Waals surface area contributed by atoms with Crippen molar-refractivity contribution in [2.24, 2.45) is 0 Å². The third kappa shape index (κ3) is 2.68. The summed E-state index contributed by atoms with van der Waals surface area (Å²) in [4.78, 5) is 3.20. The average Bonchev–Trinajstić information content (AvgIpc) is 2.88. The van der Waals surface area contributed by atoms with Crippen LogP contribution in [0.2, 0.25) is 0 Å². The highest BCUT2D eigenvalue weighted by molar-refractivity contribution is 5.82. The zero-order valence-corrected chi connectivity index (χ0v) is 10.7. The summed E-state index contributed by atoms with van der Waals surface area (Å²) in [6.07, 6.45) is 4.82. The molecule has 96 valence electrons. The summed E-state index contributed by atoms with van der Waals surface area (Å²) in [6, 6.07) is 15.5. The van der Waals surface area contributed by atoms with E-state index < -0.39 is 0 Å². The molecule has 1 N–H and O–H groups in total. The van der Waals surface area contributed by atoms with E-state index in [1.165, 1.54) is 5.56 Å². The normalized spacial score (nSPS) is 11.0. The Hall–Kier alpha value is -2.09. The molecule has 0 aliphatic rings. The lowest BCUT2D eigenvalue weighted by Gasteiger charge is -2.05. The summed E-state index contributed by atoms with van der Waals surface area (Å²) in [7, 11) is 0. The topological polar surface area (TPSA) is 15.8 Å². The highest BCUT2D eigenvalue weighted by Crippen LogP contribution is 2.21. The van der Waals surface area contributed by atoms with E-state index in [1.54, 1.807) is 12.1 Å². The first-order valence-electron chi connectivity index (χ1n) is 6.62. The fraction of sp³-hybridized carbons (Fsp3) is 0.176. The van der Waals surface area contributed by atoms with Crippen LogP contribution in [0.15, 0.2) is 54.7 Å². The van der Waals surface area contributed by atoms with Crippen molar-refractivity contribution in [3.63, 3.8) is 0 Å². The molecule has 0 radical (unpaired) electrons. The van der Waals surface area contributed by atoms with E-state index >= 15 is 0 Å². The fourth-order valence-electron chi connectivity index (χ4n) is 2.53. The van der Waals surface area contributed by atoms with E-state index in [9.17, 15) is 4.39 Å². The zero-order chi connectivity index (χ0) is 13.1. The van der Waals surface area contributed by atoms with Gasteiger partial charge in [-0.2, -0.15) is 0 Å². The van der Waals surface area contributed by atoms with Crippen LogP contribution in [0.5, 0.6) is 0 Å². The molecule has 0 saturated heterocycles. The smallest absolute Gasteiger partial charge is 0.124 e. The Kier molecular flexibility index (Phi) is 3.32. The minimum atomic E-state index is -0.151. The van der Waals surface area contributed by atoms with Crippen molar-refractivity contribution in [2.75, 3.05) is 0 Å². The predicted molar refractivity (Wildman–Crippen MR) is 76.7 cm³/mol. The predicted octanol–water partition coefficient (Wildman–Crippen LogP) is 4.48. The standard InChI is InChI=1S/C17H16FN/c18-16-11-14(17-15(12-16)9-10-19-17)8-4-7-13-5-2-1-3-6-13/h1-3,5-6,9-12,19H,4,7-8H2. The van der Waals surface area contributed by atoms with E-state index in [0.717, 1.165) is 35.7 Å². The van der Waals surface area contributed by atoms with Gasteiger partial charge < -0.3 is 4.98 Å². The number of H-pyrrole nitrogens is 1. The van der Waals surface area contributed by atoms with E-state index in [-0.39, 0.29) is 5.82 Å². The Morgan fingerprint density at radius 3 is 2.63 bits per heavy atom. The van der Waals surface area contributed by atoms with Crippen LogP contribution in [-0.4, -0.2) is 4.98 Å². The molecule has 0 unspecified atom stereocenters. The maximum absolute atomic E-state index is 13.5. The summed E-state index contributed by atoms with van der Waals surface area (Å²) in [5.74, 6) is -0.151. The van der Waals surface area contributed by atoms with Gasteiger partial charge in [0.15, 0.2) is 0 Å². The molecule has 0 aliphatic carbocycles. The minimum Gasteiger partial charge on any atom is -0.361 e. The second-order valence-corrected chi connectivity index (χ2v) is 4.85. The van der Waals surface area contributed by atoms with Crippen molar-refractivity contribution in [1.29, 1.82) is 0 Å². The third-order valence-corrected chi connectivity index (χ3v) is 3.46. The molecule has 0 atom stereocenters. The van der Waals surface area contributed by atoms with Crippen LogP contribution in [0, 0.1) is 5.82 Å². The zero-order valence-electron chi connectivity index (χ0n) is 10.7. The number of rotatable bonds is 4. The number of nitrogens with one attached hydrogen (secondary N) is 1. The highest BCUT2D eigenvalue weighted by Gasteiger charge is 2.05. The lowest BCUT2D eigenvalue weighted by Crippen LogP contribution is -1.92. The van der Waals surface area contributed by atoms with Crippen molar-refractivity contribution in [2.45, 2.75) is 19.3 Å². The SMILES string of the molecule is Fc1cc(CCCc2ccccc2)c2[nH]ccc2c1. The number of aromatic amines is 1. The van der Waals surface area contributed by atoms with E-state index in [2.05, 4.69) is 29.2 Å². The molecule has 3 aromatic rings. The first-order valence-corrected chi connectivity index (χ1v) is 6.62. The Balaban J connectivity index is 1.73. The van der Waals surface area contributed by atoms with Gasteiger partial charge in [-0.3, -0.25) is 0 Å². The maximum Gasteiger partial charge on any atom is 0.124 e. The lowest BCUT2D eigenvalue weighted by atomic mass is 10.0. The van der Waals surface area contributed by atoms with Gasteiger partial charge in [0.2, 0.25) is 0 Å². The molecule has 0 fully saturated rings. The number of fused-ring (bicyclic) bond motifs is 1. The van der Waals surface area contributed by atoms with Crippen molar-refractivity contribution in [1.82, 2.24) is 4.98 Å². The van der Waals surface area contributed by atoms with Crippen molar-refractivity contribution in [3.05, 3.63) is 71.7 Å². The summed E-state index contributed by atoms with van der Waals surface area (Å²) in [5, 5.41) is 0.953. The van der Waals surface area contributed by atoms with Gasteiger partial charge in [0, 0.05) is 17.1 Å². The van der Waals surface area contributed by atoms with Crippen LogP contribution in [0.25, 0.3) is 10.9 Å². The summed E-state index contributed by atoms with van der Waals surface area (Å²) in [6.45, 7) is 0. The second kappa shape index (κ2) is 5.27. The van der Waals surface area contributed by atoms with Gasteiger partial charge in [-0.1, -0.05) is 30.3 Å². The molecule has 1 heterocycles. The van der Waals surface area contributed by atoms with Crippen LogP contribution < -0.4 is 0 Å². The van der Waals surface area contributed by atoms with Gasteiger partial charge in [-0.25, -0.2) is 4.39 Å². The molecule has 19 heavy (non-hydrogen) atoms.